The molecule has 30 heavy (non-hydrogen) atoms. The van der Waals surface area contributed by atoms with E-state index in [-0.39, 0.29) is 34.6 Å². The number of nitrogens with zero attached hydrogens (tertiary/aromatic N) is 1. The van der Waals surface area contributed by atoms with Gasteiger partial charge in [-0.3, -0.25) is 19.4 Å². The Bertz CT molecular complexity index is 1000. The van der Waals surface area contributed by atoms with E-state index >= 15 is 0 Å². The lowest BCUT2D eigenvalue weighted by Crippen LogP contribution is -2.36. The molecule has 1 aromatic carbocycles. The Balaban J connectivity index is 1.76. The van der Waals surface area contributed by atoms with Crippen molar-refractivity contribution in [3.05, 3.63) is 45.7 Å². The Morgan fingerprint density at radius 1 is 1.33 bits per heavy atom. The Morgan fingerprint density at radius 2 is 2.13 bits per heavy atom. The van der Waals surface area contributed by atoms with E-state index in [1.54, 1.807) is 16.8 Å². The van der Waals surface area contributed by atoms with Gasteiger partial charge in [-0.05, 0) is 44.4 Å². The number of aromatic amines is 1. The molecule has 7 nitrogen and oxygen atoms in total. The number of H-pyrrole nitrogens is 1. The van der Waals surface area contributed by atoms with Crippen molar-refractivity contribution >= 4 is 23.5 Å². The molecular formula is C20H23F2N3O4S. The van der Waals surface area contributed by atoms with Crippen LogP contribution in [0.15, 0.2) is 29.1 Å². The van der Waals surface area contributed by atoms with Crippen molar-refractivity contribution < 1.29 is 23.0 Å². The molecule has 1 fully saturated rings. The van der Waals surface area contributed by atoms with Crippen LogP contribution in [0.2, 0.25) is 0 Å². The van der Waals surface area contributed by atoms with E-state index in [1.165, 1.54) is 23.9 Å². The minimum Gasteiger partial charge on any atom is -0.435 e. The monoisotopic (exact) mass is 439 g/mol. The third-order valence-electron chi connectivity index (χ3n) is 5.29. The molecular weight excluding hydrogens is 416 g/mol. The van der Waals surface area contributed by atoms with Crippen LogP contribution in [0.4, 0.5) is 14.6 Å². The maximum Gasteiger partial charge on any atom is 0.387 e. The minimum absolute atomic E-state index is 0.00947. The average Bonchev–Trinajstić information content (AvgIpc) is 2.87. The van der Waals surface area contributed by atoms with Crippen LogP contribution in [-0.4, -0.2) is 40.3 Å². The van der Waals surface area contributed by atoms with Crippen molar-refractivity contribution in [3.8, 4) is 5.75 Å². The van der Waals surface area contributed by atoms with Gasteiger partial charge in [-0.25, -0.2) is 0 Å². The van der Waals surface area contributed by atoms with Crippen LogP contribution >= 0.6 is 11.8 Å². The molecule has 2 atom stereocenters. The molecule has 0 saturated carbocycles. The fourth-order valence-electron chi connectivity index (χ4n) is 4.05. The predicted molar refractivity (Wildman–Crippen MR) is 109 cm³/mol. The first-order chi connectivity index (χ1) is 14.2. The number of rotatable bonds is 4. The number of nitrogens with one attached hydrogen (secondary N) is 2. The maximum absolute atomic E-state index is 13.0. The van der Waals surface area contributed by atoms with Gasteiger partial charge in [0, 0.05) is 6.61 Å². The fourth-order valence-corrected chi connectivity index (χ4v) is 5.17. The molecule has 0 aliphatic carbocycles. The molecule has 2 aromatic rings. The first-order valence-corrected chi connectivity index (χ1v) is 10.7. The van der Waals surface area contributed by atoms with Crippen molar-refractivity contribution in [1.82, 2.24) is 9.78 Å². The molecule has 162 valence electrons. The van der Waals surface area contributed by atoms with E-state index in [0.717, 1.165) is 0 Å². The fraction of sp³-hybridized carbons (Fsp3) is 0.500. The summed E-state index contributed by atoms with van der Waals surface area (Å²) in [6.07, 6.45) is 1.38. The highest BCUT2D eigenvalue weighted by Crippen LogP contribution is 2.42. The Hall–Kier alpha value is -2.33. The minimum atomic E-state index is -2.94. The van der Waals surface area contributed by atoms with Crippen LogP contribution in [-0.2, 0) is 9.53 Å². The predicted octanol–water partition coefficient (Wildman–Crippen LogP) is 3.68. The molecule has 0 unspecified atom stereocenters. The van der Waals surface area contributed by atoms with E-state index in [0.29, 0.717) is 36.4 Å². The maximum atomic E-state index is 13.0. The van der Waals surface area contributed by atoms with Gasteiger partial charge in [-0.2, -0.15) is 8.78 Å². The number of benzene rings is 1. The number of halogens is 2. The summed E-state index contributed by atoms with van der Waals surface area (Å²) < 4.78 is 37.3. The molecule has 0 radical (unpaired) electrons. The lowest BCUT2D eigenvalue weighted by molar-refractivity contribution is -0.113. The topological polar surface area (TPSA) is 85.4 Å². The number of carbonyl (C=O) groups excluding carboxylic acids is 1. The average molecular weight is 439 g/mol. The number of thioether (sulfide) groups is 1. The Kier molecular flexibility index (Phi) is 5.63. The number of carbonyl (C=O) groups is 1. The van der Waals surface area contributed by atoms with Gasteiger partial charge in [-0.1, -0.05) is 12.1 Å². The number of alkyl halides is 2. The number of fused-ring (bicyclic) bond motifs is 1. The number of anilines is 1. The summed E-state index contributed by atoms with van der Waals surface area (Å²) in [5.41, 5.74) is 0.367. The summed E-state index contributed by atoms with van der Waals surface area (Å²) in [7, 11) is 0. The number of amides is 1. The van der Waals surface area contributed by atoms with Gasteiger partial charge in [-0.15, -0.1) is 11.8 Å². The van der Waals surface area contributed by atoms with Crippen LogP contribution in [0.1, 0.15) is 49.1 Å². The molecule has 1 saturated heterocycles. The molecule has 1 aromatic heterocycles. The quantitative estimate of drug-likeness (QED) is 0.759. The molecule has 2 aliphatic heterocycles. The normalized spacial score (nSPS) is 23.6. The summed E-state index contributed by atoms with van der Waals surface area (Å²) in [6, 6.07) is 6.21. The largest absolute Gasteiger partial charge is 0.435 e. The van der Waals surface area contributed by atoms with Crippen LogP contribution in [0.5, 0.6) is 5.75 Å². The second kappa shape index (κ2) is 8.07. The smallest absolute Gasteiger partial charge is 0.387 e. The summed E-state index contributed by atoms with van der Waals surface area (Å²) >= 11 is 1.28. The van der Waals surface area contributed by atoms with Crippen LogP contribution < -0.4 is 15.6 Å². The number of aromatic nitrogens is 2. The zero-order chi connectivity index (χ0) is 21.5. The van der Waals surface area contributed by atoms with Gasteiger partial charge in [0.25, 0.3) is 5.56 Å². The van der Waals surface area contributed by atoms with E-state index in [2.05, 4.69) is 15.2 Å². The van der Waals surface area contributed by atoms with Gasteiger partial charge >= 0.3 is 6.61 Å². The highest BCUT2D eigenvalue weighted by Gasteiger charge is 2.36. The molecule has 4 rings (SSSR count). The molecule has 2 aliphatic rings. The highest BCUT2D eigenvalue weighted by molar-refractivity contribution is 8.00. The van der Waals surface area contributed by atoms with Gasteiger partial charge in [0.1, 0.15) is 11.6 Å². The number of ether oxygens (including phenoxy) is 2. The second-order valence-electron chi connectivity index (χ2n) is 8.02. The van der Waals surface area contributed by atoms with E-state index in [9.17, 15) is 18.4 Å². The van der Waals surface area contributed by atoms with Crippen molar-refractivity contribution in [2.45, 2.75) is 50.2 Å². The van der Waals surface area contributed by atoms with Gasteiger partial charge < -0.3 is 14.8 Å². The Labute approximate surface area is 176 Å². The van der Waals surface area contributed by atoms with Crippen molar-refractivity contribution in [3.63, 3.8) is 0 Å². The Morgan fingerprint density at radius 3 is 2.87 bits per heavy atom. The van der Waals surface area contributed by atoms with Gasteiger partial charge in [0.2, 0.25) is 5.91 Å². The van der Waals surface area contributed by atoms with Crippen LogP contribution in [0.25, 0.3) is 0 Å². The van der Waals surface area contributed by atoms with Crippen LogP contribution in [0.3, 0.4) is 0 Å². The number of hydrogen-bond donors (Lipinski definition) is 2. The van der Waals surface area contributed by atoms with E-state index < -0.39 is 11.9 Å². The lowest BCUT2D eigenvalue weighted by Gasteiger charge is -2.36. The zero-order valence-corrected chi connectivity index (χ0v) is 17.4. The highest BCUT2D eigenvalue weighted by atomic mass is 32.2. The SMILES string of the molecule is CC1(C)C[C@@H](n2[nH]c(=O)c3c2NC(=O)CS[C@H]3c2cccc(OC(F)F)c2)CCO1. The third-order valence-corrected chi connectivity index (χ3v) is 6.56. The standard InChI is InChI=1S/C20H23F2N3O4S/c1-20(2)9-12(6-7-28-20)25-17-15(18(27)24-25)16(30-10-14(26)23-17)11-4-3-5-13(8-11)29-19(21)22/h3-5,8,12,16,19H,6-7,9-10H2,1-2H3,(H,23,26)(H,24,27)/t12-,16-/m0/s1. The van der Waals surface area contributed by atoms with Crippen LogP contribution in [0, 0.1) is 0 Å². The summed E-state index contributed by atoms with van der Waals surface area (Å²) in [5.74, 6) is 0.360. The van der Waals surface area contributed by atoms with Gasteiger partial charge in [0.15, 0.2) is 0 Å². The molecule has 1 amide bonds. The lowest BCUT2D eigenvalue weighted by atomic mass is 9.94. The van der Waals surface area contributed by atoms with E-state index in [4.69, 9.17) is 4.74 Å². The van der Waals surface area contributed by atoms with E-state index in [1.807, 2.05) is 13.8 Å². The third kappa shape index (κ3) is 4.24. The number of hydrogen-bond acceptors (Lipinski definition) is 5. The molecule has 0 bridgehead atoms. The first kappa shape index (κ1) is 20.9. The zero-order valence-electron chi connectivity index (χ0n) is 16.6. The van der Waals surface area contributed by atoms with Crippen molar-refractivity contribution in [2.24, 2.45) is 0 Å². The summed E-state index contributed by atoms with van der Waals surface area (Å²) in [5, 5.41) is 5.24. The van der Waals surface area contributed by atoms with Crippen molar-refractivity contribution in [2.75, 3.05) is 17.7 Å². The first-order valence-electron chi connectivity index (χ1n) is 9.68. The summed E-state index contributed by atoms with van der Waals surface area (Å²) in [6.45, 7) is 1.59. The molecule has 0 spiro atoms. The second-order valence-corrected chi connectivity index (χ2v) is 9.11. The molecule has 10 heteroatoms. The van der Waals surface area contributed by atoms with Crippen molar-refractivity contribution in [1.29, 1.82) is 0 Å². The molecule has 2 N–H and O–H groups in total. The summed E-state index contributed by atoms with van der Waals surface area (Å²) in [4.78, 5) is 25.4. The van der Waals surface area contributed by atoms with Gasteiger partial charge in [0.05, 0.1) is 28.2 Å². The molecule has 3 heterocycles.